The Kier molecular flexibility index (Phi) is 8.30. The lowest BCUT2D eigenvalue weighted by Gasteiger charge is -2.43. The van der Waals surface area contributed by atoms with Crippen LogP contribution in [0.4, 0.5) is 0 Å². The van der Waals surface area contributed by atoms with E-state index in [0.717, 1.165) is 6.42 Å². The van der Waals surface area contributed by atoms with Crippen molar-refractivity contribution in [2.75, 3.05) is 6.61 Å². The first-order valence-corrected chi connectivity index (χ1v) is 7.61. The summed E-state index contributed by atoms with van der Waals surface area (Å²) in [5.74, 6) is -0.0718. The molecule has 0 aromatic rings. The largest absolute Gasteiger partial charge is 0.466 e. The first-order chi connectivity index (χ1) is 8.67. The summed E-state index contributed by atoms with van der Waals surface area (Å²) in [7, 11) is -3.11. The predicted octanol–water partition coefficient (Wildman–Crippen LogP) is 3.03. The van der Waals surface area contributed by atoms with Crippen molar-refractivity contribution in [3.8, 4) is 0 Å². The van der Waals surface area contributed by atoms with Gasteiger partial charge in [0.25, 0.3) is 0 Å². The van der Waals surface area contributed by atoms with Gasteiger partial charge >= 0.3 is 16.6 Å². The van der Waals surface area contributed by atoms with Crippen LogP contribution in [-0.4, -0.2) is 25.2 Å². The molecule has 1 atom stereocenters. The fourth-order valence-corrected chi connectivity index (χ4v) is 1.99. The van der Waals surface area contributed by atoms with Crippen LogP contribution in [-0.2, 0) is 20.1 Å². The zero-order chi connectivity index (χ0) is 16.8. The summed E-state index contributed by atoms with van der Waals surface area (Å²) in [6.45, 7) is 17.1. The van der Waals surface area contributed by atoms with Crippen molar-refractivity contribution in [1.82, 2.24) is 0 Å². The lowest BCUT2D eigenvalue weighted by Crippen LogP contribution is -2.44. The molecule has 0 aliphatic carbocycles. The van der Waals surface area contributed by atoms with Crippen molar-refractivity contribution in [2.45, 2.75) is 61.8 Å². The second-order valence-electron chi connectivity index (χ2n) is 7.24. The first kappa shape index (κ1) is 21.4. The van der Waals surface area contributed by atoms with Gasteiger partial charge in [-0.2, -0.15) is 0 Å². The Morgan fingerprint density at radius 3 is 1.50 bits per heavy atom. The molecule has 0 saturated carbocycles. The molecule has 5 nitrogen and oxygen atoms in total. The monoisotopic (exact) mass is 308 g/mol. The molecule has 0 rings (SSSR count). The summed E-state index contributed by atoms with van der Waals surface area (Å²) in [5.41, 5.74) is -0.400. The van der Waals surface area contributed by atoms with Gasteiger partial charge in [0.05, 0.1) is 12.0 Å². The zero-order valence-electron chi connectivity index (χ0n) is 13.9. The number of rotatable bonds is 3. The van der Waals surface area contributed by atoms with E-state index in [1.54, 1.807) is 0 Å². The molecule has 0 bridgehead atoms. The molecular weight excluding hydrogens is 280 g/mol. The quantitative estimate of drug-likeness (QED) is 0.749. The Morgan fingerprint density at radius 1 is 0.950 bits per heavy atom. The Bertz CT molecular complexity index is 404. The van der Waals surface area contributed by atoms with Gasteiger partial charge in [0.1, 0.15) is 0 Å². The van der Waals surface area contributed by atoms with E-state index in [4.69, 9.17) is 17.4 Å². The van der Waals surface area contributed by atoms with E-state index in [1.807, 2.05) is 13.8 Å². The molecule has 0 heterocycles. The van der Waals surface area contributed by atoms with Crippen molar-refractivity contribution >= 4 is 16.6 Å². The van der Waals surface area contributed by atoms with Crippen molar-refractivity contribution in [3.63, 3.8) is 0 Å². The van der Waals surface area contributed by atoms with E-state index in [9.17, 15) is 4.79 Å². The van der Waals surface area contributed by atoms with Crippen LogP contribution in [0.1, 0.15) is 61.8 Å². The molecule has 0 fully saturated rings. The molecule has 20 heavy (non-hydrogen) atoms. The molecular formula is C14H28O5S. The molecule has 0 amide bonds. The molecule has 6 heteroatoms. The molecule has 1 unspecified atom stereocenters. The van der Waals surface area contributed by atoms with E-state index in [0.29, 0.717) is 6.61 Å². The lowest BCUT2D eigenvalue weighted by atomic mass is 9.61. The SMILES string of the molecule is CCOC(=O)C(C)(CC(C)(C)C)C(C)(C)C.O=S(=O)=O. The van der Waals surface area contributed by atoms with Crippen LogP contribution < -0.4 is 0 Å². The number of carbonyl (C=O) groups excluding carboxylic acids is 1. The van der Waals surface area contributed by atoms with Gasteiger partial charge in [0, 0.05) is 0 Å². The van der Waals surface area contributed by atoms with Crippen LogP contribution in [0.5, 0.6) is 0 Å². The van der Waals surface area contributed by atoms with E-state index >= 15 is 0 Å². The van der Waals surface area contributed by atoms with Gasteiger partial charge in [0.15, 0.2) is 0 Å². The van der Waals surface area contributed by atoms with Gasteiger partial charge in [-0.15, -0.1) is 12.6 Å². The average Bonchev–Trinajstić information content (AvgIpc) is 2.12. The van der Waals surface area contributed by atoms with E-state index in [1.165, 1.54) is 0 Å². The molecule has 0 aromatic carbocycles. The zero-order valence-corrected chi connectivity index (χ0v) is 14.7. The van der Waals surface area contributed by atoms with Crippen molar-refractivity contribution in [2.24, 2.45) is 16.2 Å². The standard InChI is InChI=1S/C14H28O2.O3S/c1-9-16-11(15)14(8,13(5,6)7)10-12(2,3)4;1-4(2)3/h9-10H2,1-8H3;. The Morgan fingerprint density at radius 2 is 1.30 bits per heavy atom. The number of esters is 1. The minimum atomic E-state index is -3.11. The molecule has 0 aliphatic rings. The van der Waals surface area contributed by atoms with E-state index in [-0.39, 0.29) is 16.8 Å². The van der Waals surface area contributed by atoms with E-state index in [2.05, 4.69) is 41.5 Å². The van der Waals surface area contributed by atoms with Gasteiger partial charge in [-0.1, -0.05) is 41.5 Å². The minimum absolute atomic E-state index is 0.0718. The normalized spacial score (nSPS) is 14.6. The fraction of sp³-hybridized carbons (Fsp3) is 0.929. The van der Waals surface area contributed by atoms with Crippen LogP contribution in [0.15, 0.2) is 0 Å². The Hall–Kier alpha value is -0.910. The minimum Gasteiger partial charge on any atom is -0.466 e. The maximum atomic E-state index is 12.2. The molecule has 0 spiro atoms. The first-order valence-electron chi connectivity index (χ1n) is 6.61. The molecule has 0 N–H and O–H groups in total. The highest BCUT2D eigenvalue weighted by Gasteiger charge is 2.47. The summed E-state index contributed by atoms with van der Waals surface area (Å²) in [6.07, 6.45) is 0.836. The average molecular weight is 308 g/mol. The summed E-state index contributed by atoms with van der Waals surface area (Å²) in [6, 6.07) is 0. The van der Waals surface area contributed by atoms with Crippen LogP contribution >= 0.6 is 0 Å². The van der Waals surface area contributed by atoms with Crippen molar-refractivity contribution in [3.05, 3.63) is 0 Å². The van der Waals surface area contributed by atoms with Crippen LogP contribution in [0.2, 0.25) is 0 Å². The third-order valence-electron chi connectivity index (χ3n) is 3.27. The van der Waals surface area contributed by atoms with Gasteiger partial charge in [-0.3, -0.25) is 4.79 Å². The molecule has 0 aliphatic heterocycles. The Balaban J connectivity index is 0. The van der Waals surface area contributed by atoms with Crippen molar-refractivity contribution in [1.29, 1.82) is 0 Å². The van der Waals surface area contributed by atoms with Gasteiger partial charge in [-0.25, -0.2) is 0 Å². The van der Waals surface area contributed by atoms with E-state index < -0.39 is 16.0 Å². The summed E-state index contributed by atoms with van der Waals surface area (Å²) < 4.78 is 30.6. The predicted molar refractivity (Wildman–Crippen MR) is 78.0 cm³/mol. The topological polar surface area (TPSA) is 77.5 Å². The molecule has 0 aromatic heterocycles. The molecule has 120 valence electrons. The summed E-state index contributed by atoms with van der Waals surface area (Å²) in [4.78, 5) is 12.2. The number of carbonyl (C=O) groups is 1. The summed E-state index contributed by atoms with van der Waals surface area (Å²) in [5, 5.41) is 0. The van der Waals surface area contributed by atoms with Crippen LogP contribution in [0.25, 0.3) is 0 Å². The smallest absolute Gasteiger partial charge is 0.425 e. The maximum Gasteiger partial charge on any atom is 0.425 e. The summed E-state index contributed by atoms with van der Waals surface area (Å²) >= 11 is 0. The van der Waals surface area contributed by atoms with Crippen LogP contribution in [0, 0.1) is 16.2 Å². The Labute approximate surface area is 124 Å². The number of ether oxygens (including phenoxy) is 1. The third kappa shape index (κ3) is 8.30. The van der Waals surface area contributed by atoms with Crippen molar-refractivity contribution < 1.29 is 22.2 Å². The fourth-order valence-electron chi connectivity index (χ4n) is 1.99. The molecule has 0 saturated heterocycles. The highest BCUT2D eigenvalue weighted by atomic mass is 32.2. The van der Waals surface area contributed by atoms with Gasteiger partial charge in [0.2, 0.25) is 0 Å². The lowest BCUT2D eigenvalue weighted by molar-refractivity contribution is -0.164. The highest BCUT2D eigenvalue weighted by molar-refractivity contribution is 7.59. The number of hydrogen-bond acceptors (Lipinski definition) is 5. The molecule has 0 radical (unpaired) electrons. The second kappa shape index (κ2) is 7.76. The second-order valence-corrected chi connectivity index (χ2v) is 7.65. The highest BCUT2D eigenvalue weighted by Crippen LogP contribution is 2.47. The van der Waals surface area contributed by atoms with Crippen LogP contribution in [0.3, 0.4) is 0 Å². The number of hydrogen-bond donors (Lipinski definition) is 0. The third-order valence-corrected chi connectivity index (χ3v) is 3.27. The van der Waals surface area contributed by atoms with Gasteiger partial charge < -0.3 is 4.74 Å². The maximum absolute atomic E-state index is 12.2. The van der Waals surface area contributed by atoms with Gasteiger partial charge in [-0.05, 0) is 31.1 Å².